The van der Waals surface area contributed by atoms with Crippen LogP contribution in [0.1, 0.15) is 19.8 Å². The van der Waals surface area contributed by atoms with E-state index in [9.17, 15) is 4.79 Å². The number of nitrogen functional groups attached to an aromatic ring is 2. The highest BCUT2D eigenvalue weighted by molar-refractivity contribution is 6.00. The normalized spacial score (nSPS) is 13.7. The molecule has 1 fully saturated rings. The van der Waals surface area contributed by atoms with E-state index in [1.54, 1.807) is 10.7 Å². The van der Waals surface area contributed by atoms with E-state index in [0.717, 1.165) is 18.6 Å². The van der Waals surface area contributed by atoms with Crippen LogP contribution in [0.3, 0.4) is 0 Å². The molecular weight excluding hydrogens is 594 g/mol. The highest BCUT2D eigenvalue weighted by Crippen LogP contribution is 2.33. The summed E-state index contributed by atoms with van der Waals surface area (Å²) in [5.74, 6) is 1.58. The number of aromatic nitrogens is 7. The van der Waals surface area contributed by atoms with Crippen LogP contribution in [-0.4, -0.2) is 111 Å². The molecule has 0 unspecified atom stereocenters. The molecular formula is C30H37N11O5. The molecule has 4 aromatic heterocycles. The number of benzene rings is 1. The van der Waals surface area contributed by atoms with Gasteiger partial charge in [0.2, 0.25) is 5.91 Å². The molecule has 16 heteroatoms. The minimum absolute atomic E-state index is 0.0659. The van der Waals surface area contributed by atoms with Crippen LogP contribution in [0.5, 0.6) is 0 Å². The van der Waals surface area contributed by atoms with Gasteiger partial charge in [0.1, 0.15) is 35.5 Å². The number of rotatable bonds is 14. The molecule has 242 valence electrons. The third-order valence-corrected chi connectivity index (χ3v) is 7.54. The molecule has 5 heterocycles. The monoisotopic (exact) mass is 631 g/mol. The third kappa shape index (κ3) is 6.98. The third-order valence-electron chi connectivity index (χ3n) is 7.54. The number of carbonyl (C=O) groups is 1. The van der Waals surface area contributed by atoms with Crippen molar-refractivity contribution in [2.75, 3.05) is 82.2 Å². The first-order valence-electron chi connectivity index (χ1n) is 15.3. The van der Waals surface area contributed by atoms with Crippen molar-refractivity contribution in [3.05, 3.63) is 36.9 Å². The second-order valence-corrected chi connectivity index (χ2v) is 10.6. The number of oxazole rings is 1. The number of nitrogens with zero attached hydrogens (tertiary/aromatic N) is 9. The first-order valence-corrected chi connectivity index (χ1v) is 15.3. The number of hydrogen-bond donors (Lipinski definition) is 2. The van der Waals surface area contributed by atoms with Crippen LogP contribution in [0.15, 0.2) is 41.3 Å². The highest BCUT2D eigenvalue weighted by Gasteiger charge is 2.24. The molecule has 1 aromatic carbocycles. The lowest BCUT2D eigenvalue weighted by molar-refractivity contribution is -0.132. The number of carbonyl (C=O) groups excluding carboxylic acids is 1. The van der Waals surface area contributed by atoms with Gasteiger partial charge in [0.05, 0.1) is 44.8 Å². The Hall–Kier alpha value is -4.93. The lowest BCUT2D eigenvalue weighted by Gasteiger charge is -2.35. The quantitative estimate of drug-likeness (QED) is 0.169. The number of nitrogens with two attached hydrogens (primary N) is 2. The van der Waals surface area contributed by atoms with Gasteiger partial charge in [-0.05, 0) is 24.6 Å². The van der Waals surface area contributed by atoms with Crippen LogP contribution in [-0.2, 0) is 19.0 Å². The van der Waals surface area contributed by atoms with Crippen molar-refractivity contribution in [3.63, 3.8) is 0 Å². The average molecular weight is 632 g/mol. The van der Waals surface area contributed by atoms with E-state index in [4.69, 9.17) is 35.2 Å². The Morgan fingerprint density at radius 2 is 1.59 bits per heavy atom. The van der Waals surface area contributed by atoms with Crippen molar-refractivity contribution in [2.45, 2.75) is 19.8 Å². The van der Waals surface area contributed by atoms with Gasteiger partial charge >= 0.3 is 0 Å². The number of hydrogen-bond acceptors (Lipinski definition) is 14. The second kappa shape index (κ2) is 14.4. The molecule has 0 saturated carbocycles. The summed E-state index contributed by atoms with van der Waals surface area (Å²) in [5.41, 5.74) is 15.0. The molecule has 4 N–H and O–H groups in total. The molecule has 1 amide bonds. The van der Waals surface area contributed by atoms with Gasteiger partial charge in [-0.25, -0.2) is 19.9 Å². The zero-order valence-electron chi connectivity index (χ0n) is 25.7. The fourth-order valence-corrected chi connectivity index (χ4v) is 5.24. The van der Waals surface area contributed by atoms with Crippen molar-refractivity contribution in [1.82, 2.24) is 39.6 Å². The van der Waals surface area contributed by atoms with E-state index in [1.165, 1.54) is 12.7 Å². The Kier molecular flexibility index (Phi) is 9.76. The van der Waals surface area contributed by atoms with Gasteiger partial charge in [-0.3, -0.25) is 4.79 Å². The molecule has 0 bridgehead atoms. The average Bonchev–Trinajstić information content (AvgIpc) is 3.66. The van der Waals surface area contributed by atoms with Crippen LogP contribution in [0, 0.1) is 0 Å². The van der Waals surface area contributed by atoms with Crippen molar-refractivity contribution in [3.8, 4) is 17.1 Å². The minimum Gasteiger partial charge on any atom is -0.424 e. The molecule has 1 aliphatic heterocycles. The zero-order valence-corrected chi connectivity index (χ0v) is 25.7. The maximum Gasteiger partial charge on any atom is 0.292 e. The number of fused-ring (bicyclic) bond motifs is 2. The van der Waals surface area contributed by atoms with Gasteiger partial charge in [-0.15, -0.1) is 0 Å². The standard InChI is InChI=1S/C30H37N11O5/c1-2-10-43-12-14-45-15-13-44-11-5-25(42)40-8-6-39(7-9-40)23-17-24(34-18-33-23)41-29-26(28(31)35-19-36-29)27(38-41)20-3-4-22-21(16-20)37-30(32)46-22/h3-4,16-19H,2,5-15H2,1H3,(H2,32,37)(H2,31,35,36). The summed E-state index contributed by atoms with van der Waals surface area (Å²) in [6.07, 6.45) is 4.20. The van der Waals surface area contributed by atoms with Gasteiger partial charge in [0.15, 0.2) is 17.0 Å². The lowest BCUT2D eigenvalue weighted by Crippen LogP contribution is -2.49. The van der Waals surface area contributed by atoms with E-state index in [-0.39, 0.29) is 17.7 Å². The topological polar surface area (TPSA) is 199 Å². The van der Waals surface area contributed by atoms with Crippen LogP contribution < -0.4 is 16.4 Å². The Morgan fingerprint density at radius 1 is 0.870 bits per heavy atom. The Morgan fingerprint density at radius 3 is 2.37 bits per heavy atom. The molecule has 1 aliphatic rings. The summed E-state index contributed by atoms with van der Waals surface area (Å²) in [7, 11) is 0. The van der Waals surface area contributed by atoms with Crippen molar-refractivity contribution < 1.29 is 23.4 Å². The number of ether oxygens (including phenoxy) is 3. The summed E-state index contributed by atoms with van der Waals surface area (Å²) in [5, 5.41) is 5.43. The number of anilines is 3. The summed E-state index contributed by atoms with van der Waals surface area (Å²) in [4.78, 5) is 38.6. The molecule has 0 radical (unpaired) electrons. The Balaban J connectivity index is 1.07. The van der Waals surface area contributed by atoms with Crippen molar-refractivity contribution in [2.24, 2.45) is 0 Å². The molecule has 46 heavy (non-hydrogen) atoms. The molecule has 0 atom stereocenters. The summed E-state index contributed by atoms with van der Waals surface area (Å²) < 4.78 is 23.5. The maximum absolute atomic E-state index is 12.8. The van der Waals surface area contributed by atoms with Crippen LogP contribution >= 0.6 is 0 Å². The molecule has 0 aliphatic carbocycles. The fraction of sp³-hybridized carbons (Fsp3) is 0.433. The molecule has 5 aromatic rings. The highest BCUT2D eigenvalue weighted by atomic mass is 16.5. The predicted octanol–water partition coefficient (Wildman–Crippen LogP) is 2.08. The maximum atomic E-state index is 12.8. The molecule has 0 spiro atoms. The Labute approximate surface area is 264 Å². The SMILES string of the molecule is CCCOCCOCCOCCC(=O)N1CCN(c2cc(-n3nc(-c4ccc5oc(N)nc5c4)c4c(N)ncnc43)ncn2)CC1. The Bertz CT molecular complexity index is 1780. The summed E-state index contributed by atoms with van der Waals surface area (Å²) >= 11 is 0. The van der Waals surface area contributed by atoms with E-state index in [0.29, 0.717) is 105 Å². The second-order valence-electron chi connectivity index (χ2n) is 10.6. The van der Waals surface area contributed by atoms with E-state index in [2.05, 4.69) is 36.7 Å². The summed E-state index contributed by atoms with van der Waals surface area (Å²) in [6.45, 7) is 7.62. The molecule has 6 rings (SSSR count). The van der Waals surface area contributed by atoms with E-state index >= 15 is 0 Å². The van der Waals surface area contributed by atoms with Gasteiger partial charge in [0, 0.05) is 44.4 Å². The number of amides is 1. The first-order chi connectivity index (χ1) is 22.5. The van der Waals surface area contributed by atoms with E-state index in [1.807, 2.05) is 23.1 Å². The minimum atomic E-state index is 0.0659. The van der Waals surface area contributed by atoms with Gasteiger partial charge in [-0.1, -0.05) is 6.92 Å². The summed E-state index contributed by atoms with van der Waals surface area (Å²) in [6, 6.07) is 7.39. The van der Waals surface area contributed by atoms with Crippen molar-refractivity contribution >= 4 is 45.7 Å². The molecule has 16 nitrogen and oxygen atoms in total. The number of piperazine rings is 1. The molecule has 1 saturated heterocycles. The van der Waals surface area contributed by atoms with Crippen LogP contribution in [0.2, 0.25) is 0 Å². The van der Waals surface area contributed by atoms with Gasteiger partial charge in [-0.2, -0.15) is 14.8 Å². The largest absolute Gasteiger partial charge is 0.424 e. The zero-order chi connectivity index (χ0) is 31.9. The van der Waals surface area contributed by atoms with Crippen LogP contribution in [0.4, 0.5) is 17.7 Å². The predicted molar refractivity (Wildman–Crippen MR) is 170 cm³/mol. The lowest BCUT2D eigenvalue weighted by atomic mass is 10.1. The fourth-order valence-electron chi connectivity index (χ4n) is 5.24. The van der Waals surface area contributed by atoms with Crippen molar-refractivity contribution in [1.29, 1.82) is 0 Å². The van der Waals surface area contributed by atoms with E-state index < -0.39 is 0 Å². The van der Waals surface area contributed by atoms with Gasteiger partial charge < -0.3 is 39.9 Å². The first kappa shape index (κ1) is 31.1. The smallest absolute Gasteiger partial charge is 0.292 e. The van der Waals surface area contributed by atoms with Crippen LogP contribution in [0.25, 0.3) is 39.2 Å². The van der Waals surface area contributed by atoms with Gasteiger partial charge in [0.25, 0.3) is 6.01 Å².